The molecule has 0 atom stereocenters. The SMILES string of the molecule is C/C(=C\C=C1\C=CC=CC1)c1c2ccccc2c(-c2ccc3c(c2)-c2cc4c(ccc5oc6ccccc6c54)cc2C3(C)C)c2ccccc12. The Balaban J connectivity index is 1.21. The normalized spacial score (nSPS) is 16.0. The van der Waals surface area contributed by atoms with Crippen LogP contribution in [0.1, 0.15) is 43.9 Å². The molecule has 0 saturated heterocycles. The van der Waals surface area contributed by atoms with Crippen molar-refractivity contribution in [3.8, 4) is 22.3 Å². The number of hydrogen-bond acceptors (Lipinski definition) is 1. The van der Waals surface area contributed by atoms with Gasteiger partial charge in [-0.1, -0.05) is 135 Å². The second kappa shape index (κ2) is 10.8. The van der Waals surface area contributed by atoms with Gasteiger partial charge in [-0.3, -0.25) is 0 Å². The van der Waals surface area contributed by atoms with Crippen LogP contribution in [0.25, 0.3) is 82.1 Å². The fraction of sp³-hybridized carbons (Fsp3) is 0.102. The molecule has 1 heteroatoms. The van der Waals surface area contributed by atoms with Gasteiger partial charge < -0.3 is 4.42 Å². The van der Waals surface area contributed by atoms with Gasteiger partial charge in [-0.2, -0.15) is 0 Å². The molecule has 8 aromatic rings. The number of rotatable bonds is 3. The van der Waals surface area contributed by atoms with Crippen LogP contribution >= 0.6 is 0 Å². The number of fused-ring (bicyclic) bond motifs is 10. The van der Waals surface area contributed by atoms with E-state index in [2.05, 4.69) is 166 Å². The lowest BCUT2D eigenvalue weighted by atomic mass is 9.81. The summed E-state index contributed by atoms with van der Waals surface area (Å²) in [6.07, 6.45) is 14.2. The standard InChI is InChI=1S/C49H36O/c1-30(21-22-31-13-5-4-6-14-31)46-34-15-7-9-17-36(34)47(37-18-10-8-16-35(37)46)33-23-25-42-40(27-33)41-29-39-32(28-43(41)49(42,2)3)24-26-45-48(39)38-19-11-12-20-44(38)50-45/h4-13,15-29H,14H2,1-3H3/b30-21+,31-22-. The first kappa shape index (κ1) is 29.0. The van der Waals surface area contributed by atoms with Gasteiger partial charge >= 0.3 is 0 Å². The third-order valence-corrected chi connectivity index (χ3v) is 11.2. The second-order valence-corrected chi connectivity index (χ2v) is 14.5. The number of hydrogen-bond donors (Lipinski definition) is 0. The van der Waals surface area contributed by atoms with Crippen molar-refractivity contribution < 1.29 is 4.42 Å². The summed E-state index contributed by atoms with van der Waals surface area (Å²) in [5, 5.41) is 10.0. The van der Waals surface area contributed by atoms with Crippen LogP contribution in [0.5, 0.6) is 0 Å². The number of furan rings is 1. The maximum Gasteiger partial charge on any atom is 0.136 e. The Bertz CT molecular complexity index is 2810. The van der Waals surface area contributed by atoms with Crippen molar-refractivity contribution in [2.75, 3.05) is 0 Å². The second-order valence-electron chi connectivity index (χ2n) is 14.5. The highest BCUT2D eigenvalue weighted by atomic mass is 16.3. The first-order valence-electron chi connectivity index (χ1n) is 17.7. The first-order valence-corrected chi connectivity index (χ1v) is 17.7. The average molecular weight is 641 g/mol. The zero-order valence-electron chi connectivity index (χ0n) is 28.5. The van der Waals surface area contributed by atoms with E-state index in [1.807, 2.05) is 6.07 Å². The molecular formula is C49H36O. The van der Waals surface area contributed by atoms with Gasteiger partial charge in [-0.15, -0.1) is 0 Å². The zero-order chi connectivity index (χ0) is 33.6. The Morgan fingerprint density at radius 2 is 1.34 bits per heavy atom. The first-order chi connectivity index (χ1) is 24.5. The van der Waals surface area contributed by atoms with E-state index in [4.69, 9.17) is 4.42 Å². The molecule has 0 spiro atoms. The maximum atomic E-state index is 6.31. The minimum Gasteiger partial charge on any atom is -0.456 e. The van der Waals surface area contributed by atoms with E-state index < -0.39 is 0 Å². The van der Waals surface area contributed by atoms with Gasteiger partial charge in [0.2, 0.25) is 0 Å². The van der Waals surface area contributed by atoms with Crippen LogP contribution in [-0.2, 0) is 5.41 Å². The molecule has 0 radical (unpaired) electrons. The van der Waals surface area contributed by atoms with Crippen LogP contribution in [0.15, 0.2) is 162 Å². The third-order valence-electron chi connectivity index (χ3n) is 11.2. The summed E-state index contributed by atoms with van der Waals surface area (Å²) >= 11 is 0. The van der Waals surface area contributed by atoms with Crippen molar-refractivity contribution in [2.24, 2.45) is 0 Å². The van der Waals surface area contributed by atoms with Gasteiger partial charge in [-0.25, -0.2) is 0 Å². The molecule has 2 aliphatic rings. The molecule has 10 rings (SSSR count). The highest BCUT2D eigenvalue weighted by Crippen LogP contribution is 2.53. The summed E-state index contributed by atoms with van der Waals surface area (Å²) in [6.45, 7) is 7.00. The third kappa shape index (κ3) is 4.20. The van der Waals surface area contributed by atoms with E-state index in [9.17, 15) is 0 Å². The molecule has 0 unspecified atom stereocenters. The summed E-state index contributed by atoms with van der Waals surface area (Å²) in [5.41, 5.74) is 13.6. The molecule has 1 aromatic heterocycles. The summed E-state index contributed by atoms with van der Waals surface area (Å²) < 4.78 is 6.31. The predicted octanol–water partition coefficient (Wildman–Crippen LogP) is 13.9. The van der Waals surface area contributed by atoms with Crippen LogP contribution in [0.4, 0.5) is 0 Å². The molecular weight excluding hydrogens is 605 g/mol. The smallest absolute Gasteiger partial charge is 0.136 e. The minimum atomic E-state index is -0.113. The largest absolute Gasteiger partial charge is 0.456 e. The van der Waals surface area contributed by atoms with Crippen molar-refractivity contribution in [1.29, 1.82) is 0 Å². The maximum absolute atomic E-state index is 6.31. The van der Waals surface area contributed by atoms with E-state index in [1.54, 1.807) is 0 Å². The van der Waals surface area contributed by atoms with Crippen LogP contribution in [0.3, 0.4) is 0 Å². The number of para-hydroxylation sites is 1. The number of allylic oxidation sites excluding steroid dienone is 8. The molecule has 0 N–H and O–H groups in total. The van der Waals surface area contributed by atoms with Gasteiger partial charge in [0.05, 0.1) is 0 Å². The number of benzene rings is 7. The van der Waals surface area contributed by atoms with Gasteiger partial charge in [0, 0.05) is 16.2 Å². The van der Waals surface area contributed by atoms with Crippen molar-refractivity contribution in [3.05, 3.63) is 174 Å². The molecule has 0 saturated carbocycles. The lowest BCUT2D eigenvalue weighted by Crippen LogP contribution is -2.14. The van der Waals surface area contributed by atoms with Crippen molar-refractivity contribution in [3.63, 3.8) is 0 Å². The zero-order valence-corrected chi connectivity index (χ0v) is 28.5. The lowest BCUT2D eigenvalue weighted by molar-refractivity contribution is 0.661. The summed E-state index contributed by atoms with van der Waals surface area (Å²) in [6, 6.07) is 42.8. The van der Waals surface area contributed by atoms with E-state index in [1.165, 1.54) is 93.2 Å². The molecule has 0 aliphatic heterocycles. The van der Waals surface area contributed by atoms with Gasteiger partial charge in [-0.05, 0) is 126 Å². The summed E-state index contributed by atoms with van der Waals surface area (Å²) in [7, 11) is 0. The Morgan fingerprint density at radius 1 is 0.640 bits per heavy atom. The summed E-state index contributed by atoms with van der Waals surface area (Å²) in [5.74, 6) is 0. The van der Waals surface area contributed by atoms with Crippen LogP contribution in [-0.4, -0.2) is 0 Å². The van der Waals surface area contributed by atoms with E-state index in [0.717, 1.165) is 17.6 Å². The Labute approximate surface area is 292 Å². The molecule has 7 aromatic carbocycles. The predicted molar refractivity (Wildman–Crippen MR) is 214 cm³/mol. The minimum absolute atomic E-state index is 0.113. The van der Waals surface area contributed by atoms with Gasteiger partial charge in [0.25, 0.3) is 0 Å². The monoisotopic (exact) mass is 640 g/mol. The quantitative estimate of drug-likeness (QED) is 0.175. The van der Waals surface area contributed by atoms with Crippen molar-refractivity contribution in [1.82, 2.24) is 0 Å². The molecule has 0 fully saturated rings. The highest BCUT2D eigenvalue weighted by molar-refractivity contribution is 6.21. The van der Waals surface area contributed by atoms with Crippen LogP contribution in [0.2, 0.25) is 0 Å². The Morgan fingerprint density at radius 3 is 2.08 bits per heavy atom. The van der Waals surface area contributed by atoms with Crippen molar-refractivity contribution in [2.45, 2.75) is 32.6 Å². The molecule has 0 amide bonds. The highest BCUT2D eigenvalue weighted by Gasteiger charge is 2.36. The fourth-order valence-corrected chi connectivity index (χ4v) is 8.78. The van der Waals surface area contributed by atoms with Crippen LogP contribution < -0.4 is 0 Å². The molecule has 2 aliphatic carbocycles. The average Bonchev–Trinajstić information content (AvgIpc) is 3.64. The fourth-order valence-electron chi connectivity index (χ4n) is 8.78. The van der Waals surface area contributed by atoms with E-state index in [-0.39, 0.29) is 5.41 Å². The Kier molecular flexibility index (Phi) is 6.27. The van der Waals surface area contributed by atoms with E-state index in [0.29, 0.717) is 0 Å². The topological polar surface area (TPSA) is 13.1 Å². The molecule has 1 nitrogen and oxygen atoms in total. The molecule has 238 valence electrons. The molecule has 0 bridgehead atoms. The molecule has 50 heavy (non-hydrogen) atoms. The van der Waals surface area contributed by atoms with E-state index >= 15 is 0 Å². The Hall–Kier alpha value is -5.92. The van der Waals surface area contributed by atoms with Gasteiger partial charge in [0.15, 0.2) is 0 Å². The van der Waals surface area contributed by atoms with Crippen LogP contribution in [0, 0.1) is 0 Å². The summed E-state index contributed by atoms with van der Waals surface area (Å²) in [4.78, 5) is 0. The van der Waals surface area contributed by atoms with Crippen molar-refractivity contribution >= 4 is 59.8 Å². The molecule has 1 heterocycles. The van der Waals surface area contributed by atoms with Gasteiger partial charge in [0.1, 0.15) is 11.2 Å². The lowest BCUT2D eigenvalue weighted by Gasteiger charge is -2.22.